The number of azo groups is 1. The highest BCUT2D eigenvalue weighted by Crippen LogP contribution is 2.40. The Hall–Kier alpha value is -6.14. The van der Waals surface area contributed by atoms with E-state index in [1.165, 1.54) is 24.3 Å². The van der Waals surface area contributed by atoms with Crippen LogP contribution in [0.2, 0.25) is 0 Å². The molecule has 2 amide bonds. The van der Waals surface area contributed by atoms with Gasteiger partial charge in [0, 0.05) is 21.9 Å². The quantitative estimate of drug-likeness (QED) is 0.111. The molecule has 6 aromatic rings. The summed E-state index contributed by atoms with van der Waals surface area (Å²) in [6.07, 6.45) is -11.1. The Morgan fingerprint density at radius 2 is 0.917 bits per heavy atom. The molecule has 6 rings (SSSR count). The third-order valence-corrected chi connectivity index (χ3v) is 9.60. The Morgan fingerprint density at radius 3 is 1.27 bits per heavy atom. The van der Waals surface area contributed by atoms with Crippen LogP contribution in [0.1, 0.15) is 52.7 Å². The molecule has 10 nitrogen and oxygen atoms in total. The van der Waals surface area contributed by atoms with E-state index in [4.69, 9.17) is 9.47 Å². The van der Waals surface area contributed by atoms with Crippen molar-refractivity contribution in [2.45, 2.75) is 65.1 Å². The molecule has 0 saturated carbocycles. The van der Waals surface area contributed by atoms with Crippen LogP contribution in [0.25, 0.3) is 22.5 Å². The fourth-order valence-electron chi connectivity index (χ4n) is 5.42. The van der Waals surface area contributed by atoms with E-state index in [1.807, 2.05) is 0 Å². The molecule has 0 atom stereocenters. The number of anilines is 4. The predicted molar refractivity (Wildman–Crippen MR) is 219 cm³/mol. The van der Waals surface area contributed by atoms with Crippen molar-refractivity contribution in [1.82, 2.24) is 9.97 Å². The summed E-state index contributed by atoms with van der Waals surface area (Å²) in [5.41, 5.74) is -1.06. The topological polar surface area (TPSA) is 110 Å². The van der Waals surface area contributed by atoms with Crippen molar-refractivity contribution in [1.29, 1.82) is 0 Å². The molecule has 0 saturated heterocycles. The molecule has 0 aliphatic rings. The van der Waals surface area contributed by atoms with E-state index in [0.717, 1.165) is 56.7 Å². The largest absolute Gasteiger partial charge is 0.443 e. The number of carbonyl (C=O) groups excluding carboxylic acids is 2. The first-order valence-corrected chi connectivity index (χ1v) is 19.7. The molecule has 0 bridgehead atoms. The Balaban J connectivity index is 1.25. The van der Waals surface area contributed by atoms with Crippen LogP contribution in [0.3, 0.4) is 0 Å². The lowest BCUT2D eigenvalue weighted by Gasteiger charge is -2.26. The first-order valence-electron chi connectivity index (χ1n) is 18.0. The number of ether oxygens (including phenoxy) is 2. The lowest BCUT2D eigenvalue weighted by atomic mass is 10.1. The number of halogens is 6. The van der Waals surface area contributed by atoms with Gasteiger partial charge in [-0.1, -0.05) is 36.4 Å². The summed E-state index contributed by atoms with van der Waals surface area (Å²) in [6.45, 7) is 9.85. The van der Waals surface area contributed by atoms with Gasteiger partial charge in [0.2, 0.25) is 0 Å². The smallest absolute Gasteiger partial charge is 0.421 e. The molecule has 0 unspecified atom stereocenters. The molecule has 2 aromatic heterocycles. The van der Waals surface area contributed by atoms with Crippen LogP contribution in [0, 0.1) is 0 Å². The lowest BCUT2D eigenvalue weighted by molar-refractivity contribution is -0.138. The van der Waals surface area contributed by atoms with Crippen LogP contribution in [0.4, 0.5) is 68.9 Å². The Bertz CT molecular complexity index is 2370. The lowest BCUT2D eigenvalue weighted by Crippen LogP contribution is -2.34. The SMILES string of the molecule is CC(C)(C)OC(=O)N(c1cccc(C(F)(F)F)c1)c1nc(-c2cccc(N=Nc3cccc(-c4csc(N(C(=O)OC(C)(C)C)c5cccc(C(F)(F)F)c5)n4)c3)c2)cs1. The second kappa shape index (κ2) is 16.8. The van der Waals surface area contributed by atoms with Gasteiger partial charge in [0.15, 0.2) is 10.3 Å². The van der Waals surface area contributed by atoms with Gasteiger partial charge in [0.1, 0.15) is 11.2 Å². The third-order valence-electron chi connectivity index (χ3n) is 7.95. The number of benzene rings is 4. The predicted octanol–water partition coefficient (Wildman–Crippen LogP) is 14.5. The van der Waals surface area contributed by atoms with Gasteiger partial charge < -0.3 is 9.47 Å². The van der Waals surface area contributed by atoms with Crippen molar-refractivity contribution < 1.29 is 45.4 Å². The van der Waals surface area contributed by atoms with Gasteiger partial charge >= 0.3 is 24.5 Å². The van der Waals surface area contributed by atoms with E-state index >= 15 is 0 Å². The maximum atomic E-state index is 13.6. The molecule has 312 valence electrons. The standard InChI is InChI=1S/C42H36F6N6O4S2/c1-39(2,3)57-37(55)53(31-17-9-13-27(21-31)41(43,44)45)35-49-33(23-59-35)25-11-7-15-29(19-25)51-52-30-16-8-12-26(20-30)34-24-60-36(50-34)54(38(56)58-40(4,5)6)32-18-10-14-28(22-32)42(46,47)48/h7-24H,1-6H3. The maximum absolute atomic E-state index is 13.6. The van der Waals surface area contributed by atoms with Crippen molar-refractivity contribution in [3.05, 3.63) is 119 Å². The van der Waals surface area contributed by atoms with E-state index < -0.39 is 46.9 Å². The minimum absolute atomic E-state index is 0.0743. The number of carbonyl (C=O) groups is 2. The van der Waals surface area contributed by atoms with Crippen molar-refractivity contribution in [2.24, 2.45) is 10.2 Å². The molecule has 4 aromatic carbocycles. The van der Waals surface area contributed by atoms with Gasteiger partial charge in [0.05, 0.1) is 45.3 Å². The summed E-state index contributed by atoms with van der Waals surface area (Å²) in [6, 6.07) is 22.4. The minimum atomic E-state index is -4.64. The zero-order valence-corrected chi connectivity index (χ0v) is 34.4. The summed E-state index contributed by atoms with van der Waals surface area (Å²) in [5.74, 6) is 0. The van der Waals surface area contributed by atoms with Gasteiger partial charge in [-0.3, -0.25) is 0 Å². The molecule has 0 spiro atoms. The van der Waals surface area contributed by atoms with E-state index in [0.29, 0.717) is 33.9 Å². The van der Waals surface area contributed by atoms with Gasteiger partial charge in [-0.2, -0.15) is 36.6 Å². The molecule has 60 heavy (non-hydrogen) atoms. The minimum Gasteiger partial charge on any atom is -0.443 e. The summed E-state index contributed by atoms with van der Waals surface area (Å²) in [7, 11) is 0. The first-order chi connectivity index (χ1) is 28.0. The summed E-state index contributed by atoms with van der Waals surface area (Å²) in [5, 5.41) is 12.2. The number of thiazole rings is 2. The van der Waals surface area contributed by atoms with Crippen molar-refractivity contribution >= 4 is 67.9 Å². The van der Waals surface area contributed by atoms with Gasteiger partial charge in [0.25, 0.3) is 0 Å². The summed E-state index contributed by atoms with van der Waals surface area (Å²) >= 11 is 2.08. The van der Waals surface area contributed by atoms with Crippen molar-refractivity contribution in [3.8, 4) is 22.5 Å². The van der Waals surface area contributed by atoms with Crippen molar-refractivity contribution in [2.75, 3.05) is 9.80 Å². The highest BCUT2D eigenvalue weighted by molar-refractivity contribution is 7.14. The third kappa shape index (κ3) is 10.9. The average Bonchev–Trinajstić information content (AvgIpc) is 3.84. The van der Waals surface area contributed by atoms with Crippen LogP contribution in [0.5, 0.6) is 0 Å². The van der Waals surface area contributed by atoms with Crippen LogP contribution in [0.15, 0.2) is 118 Å². The molecule has 0 fully saturated rings. The Labute approximate surface area is 348 Å². The van der Waals surface area contributed by atoms with Crippen LogP contribution in [-0.4, -0.2) is 33.4 Å². The monoisotopic (exact) mass is 866 g/mol. The molecule has 0 radical (unpaired) electrons. The highest BCUT2D eigenvalue weighted by Gasteiger charge is 2.35. The number of rotatable bonds is 8. The summed E-state index contributed by atoms with van der Waals surface area (Å²) in [4.78, 5) is 37.9. The maximum Gasteiger partial charge on any atom is 0.421 e. The van der Waals surface area contributed by atoms with Crippen LogP contribution in [-0.2, 0) is 21.8 Å². The van der Waals surface area contributed by atoms with Gasteiger partial charge in [-0.25, -0.2) is 29.4 Å². The molecule has 0 aliphatic carbocycles. The molecular formula is C42H36F6N6O4S2. The number of amides is 2. The van der Waals surface area contributed by atoms with Crippen LogP contribution >= 0.6 is 22.7 Å². The normalized spacial score (nSPS) is 12.4. The number of nitrogens with zero attached hydrogens (tertiary/aromatic N) is 6. The van der Waals surface area contributed by atoms with E-state index in [-0.39, 0.29) is 21.6 Å². The zero-order valence-electron chi connectivity index (χ0n) is 32.8. The summed E-state index contributed by atoms with van der Waals surface area (Å²) < 4.78 is 92.8. The second-order valence-electron chi connectivity index (χ2n) is 15.1. The van der Waals surface area contributed by atoms with Crippen LogP contribution < -0.4 is 9.80 Å². The van der Waals surface area contributed by atoms with E-state index in [9.17, 15) is 35.9 Å². The van der Waals surface area contributed by atoms with Crippen molar-refractivity contribution in [3.63, 3.8) is 0 Å². The first kappa shape index (κ1) is 43.4. The molecular weight excluding hydrogens is 831 g/mol. The Kier molecular flexibility index (Phi) is 12.2. The number of alkyl halides is 6. The van der Waals surface area contributed by atoms with E-state index in [1.54, 1.807) is 101 Å². The highest BCUT2D eigenvalue weighted by atomic mass is 32.1. The average molecular weight is 867 g/mol. The van der Waals surface area contributed by atoms with E-state index in [2.05, 4.69) is 20.2 Å². The number of hydrogen-bond acceptors (Lipinski definition) is 10. The van der Waals surface area contributed by atoms with Gasteiger partial charge in [-0.15, -0.1) is 22.7 Å². The molecule has 2 heterocycles. The Morgan fingerprint density at radius 1 is 0.550 bits per heavy atom. The van der Waals surface area contributed by atoms with Gasteiger partial charge in [-0.05, 0) is 102 Å². The fourth-order valence-corrected chi connectivity index (χ4v) is 7.10. The fraction of sp³-hybridized carbons (Fsp3) is 0.238. The molecule has 18 heteroatoms. The number of hydrogen-bond donors (Lipinski definition) is 0. The molecule has 0 N–H and O–H groups in total. The number of aromatic nitrogens is 2. The zero-order chi connectivity index (χ0) is 43.6. The second-order valence-corrected chi connectivity index (χ2v) is 16.7. The molecule has 0 aliphatic heterocycles.